The van der Waals surface area contributed by atoms with Gasteiger partial charge >= 0.3 is 26.2 Å². The van der Waals surface area contributed by atoms with E-state index in [1.807, 2.05) is 0 Å². The topological polar surface area (TPSA) is 43.1 Å². The second kappa shape index (κ2) is 6.05. The zero-order valence-corrected chi connectivity index (χ0v) is 10.3. The Morgan fingerprint density at radius 1 is 1.83 bits per heavy atom. The molecule has 0 aliphatic rings. The SMILES string of the molecule is NC(=O)SS.[BiH3]. The van der Waals surface area contributed by atoms with E-state index in [2.05, 4.69) is 17.4 Å². The van der Waals surface area contributed by atoms with Crippen molar-refractivity contribution < 1.29 is 4.79 Å². The van der Waals surface area contributed by atoms with Crippen molar-refractivity contribution in [2.24, 2.45) is 5.73 Å². The molecule has 1 amide bonds. The van der Waals surface area contributed by atoms with Gasteiger partial charge in [-0.15, -0.1) is 11.7 Å². The Hall–Kier alpha value is 1.05. The van der Waals surface area contributed by atoms with Crippen LogP contribution in [-0.2, 0) is 0 Å². The number of thiol groups is 1. The molecule has 38 valence electrons. The summed E-state index contributed by atoms with van der Waals surface area (Å²) in [5, 5.41) is -0.465. The minimum absolute atomic E-state index is 0. The number of hydrogen-bond acceptors (Lipinski definition) is 3. The van der Waals surface area contributed by atoms with Gasteiger partial charge < -0.3 is 5.73 Å². The molecule has 0 atom stereocenters. The average Bonchev–Trinajstić information content (AvgIpc) is 1.38. The van der Waals surface area contributed by atoms with Crippen LogP contribution in [-0.4, -0.2) is 31.4 Å². The third-order valence-corrected chi connectivity index (χ3v) is 0.810. The molecule has 0 heterocycles. The molecule has 0 rings (SSSR count). The second-order valence-electron chi connectivity index (χ2n) is 0.410. The van der Waals surface area contributed by atoms with Gasteiger partial charge in [0, 0.05) is 10.8 Å². The van der Waals surface area contributed by atoms with Crippen LogP contribution in [0.25, 0.3) is 0 Å². The van der Waals surface area contributed by atoms with Crippen LogP contribution < -0.4 is 5.73 Å². The molecule has 0 bridgehead atoms. The van der Waals surface area contributed by atoms with Crippen LogP contribution in [0.1, 0.15) is 0 Å². The fraction of sp³-hybridized carbons (Fsp3) is 0. The number of hydrogen-bond donors (Lipinski definition) is 2. The molecule has 0 aromatic carbocycles. The summed E-state index contributed by atoms with van der Waals surface area (Å²) in [7, 11) is 0.713. The molecule has 0 aliphatic carbocycles. The summed E-state index contributed by atoms with van der Waals surface area (Å²) in [6.07, 6.45) is 0. The van der Waals surface area contributed by atoms with Gasteiger partial charge in [-0.3, -0.25) is 4.79 Å². The van der Waals surface area contributed by atoms with Gasteiger partial charge in [-0.1, -0.05) is 0 Å². The molecule has 0 saturated heterocycles. The Balaban J connectivity index is 0. The van der Waals surface area contributed by atoms with Crippen molar-refractivity contribution in [3.05, 3.63) is 0 Å². The van der Waals surface area contributed by atoms with E-state index in [1.165, 1.54) is 0 Å². The molecule has 6 heavy (non-hydrogen) atoms. The van der Waals surface area contributed by atoms with E-state index in [-0.39, 0.29) is 26.2 Å². The molecule has 0 aliphatic heterocycles. The van der Waals surface area contributed by atoms with Gasteiger partial charge in [0.15, 0.2) is 0 Å². The molecule has 0 unspecified atom stereocenters. The zero-order chi connectivity index (χ0) is 4.28. The van der Waals surface area contributed by atoms with Crippen molar-refractivity contribution in [2.75, 3.05) is 0 Å². The monoisotopic (exact) mass is 321 g/mol. The molecular formula is CH6BiNOS2. The third kappa shape index (κ3) is 8.91. The number of primary amides is 1. The number of amides is 1. The van der Waals surface area contributed by atoms with Crippen LogP contribution >= 0.6 is 22.5 Å². The van der Waals surface area contributed by atoms with Crippen molar-refractivity contribution in [3.63, 3.8) is 0 Å². The minimum atomic E-state index is -0.465. The van der Waals surface area contributed by atoms with Crippen LogP contribution in [0.2, 0.25) is 0 Å². The summed E-state index contributed by atoms with van der Waals surface area (Å²) in [4.78, 5) is 9.48. The van der Waals surface area contributed by atoms with Crippen molar-refractivity contribution in [1.29, 1.82) is 0 Å². The van der Waals surface area contributed by atoms with Crippen molar-refractivity contribution in [2.45, 2.75) is 0 Å². The Labute approximate surface area is 64.2 Å². The van der Waals surface area contributed by atoms with Crippen LogP contribution in [0.3, 0.4) is 0 Å². The van der Waals surface area contributed by atoms with Crippen LogP contribution in [0.5, 0.6) is 0 Å². The van der Waals surface area contributed by atoms with Crippen LogP contribution in [0.15, 0.2) is 0 Å². The Morgan fingerprint density at radius 3 is 2.00 bits per heavy atom. The summed E-state index contributed by atoms with van der Waals surface area (Å²) in [6, 6.07) is 0. The van der Waals surface area contributed by atoms with Gasteiger partial charge in [-0.2, -0.15) is 0 Å². The number of nitrogens with two attached hydrogens (primary N) is 1. The first-order valence-electron chi connectivity index (χ1n) is 0.879. The van der Waals surface area contributed by atoms with E-state index in [4.69, 9.17) is 0 Å². The van der Waals surface area contributed by atoms with E-state index < -0.39 is 5.24 Å². The summed E-state index contributed by atoms with van der Waals surface area (Å²) in [5.74, 6) is 0. The van der Waals surface area contributed by atoms with Crippen molar-refractivity contribution in [3.8, 4) is 0 Å². The van der Waals surface area contributed by atoms with E-state index in [0.29, 0.717) is 10.8 Å². The average molecular weight is 321 g/mol. The second-order valence-corrected chi connectivity index (χ2v) is 1.54. The van der Waals surface area contributed by atoms with E-state index in [9.17, 15) is 4.79 Å². The van der Waals surface area contributed by atoms with Gasteiger partial charge in [-0.25, -0.2) is 0 Å². The zero-order valence-electron chi connectivity index (χ0n) is 3.05. The molecule has 0 saturated carbocycles. The predicted octanol–water partition coefficient (Wildman–Crippen LogP) is -0.541. The maximum absolute atomic E-state index is 9.48. The molecule has 5 heteroatoms. The predicted molar refractivity (Wildman–Crippen MR) is 36.1 cm³/mol. The van der Waals surface area contributed by atoms with Gasteiger partial charge in [0.1, 0.15) is 0 Å². The Bertz CT molecular complexity index is 48.8. The van der Waals surface area contributed by atoms with E-state index >= 15 is 0 Å². The molecule has 0 radical (unpaired) electrons. The molecule has 0 aromatic heterocycles. The van der Waals surface area contributed by atoms with Crippen LogP contribution in [0.4, 0.5) is 4.79 Å². The Kier molecular flexibility index (Phi) is 10.2. The first-order valence-corrected chi connectivity index (χ1v) is 2.75. The number of carbonyl (C=O) groups excluding carboxylic acids is 1. The van der Waals surface area contributed by atoms with Gasteiger partial charge in [0.25, 0.3) is 5.24 Å². The summed E-state index contributed by atoms with van der Waals surface area (Å²) in [5.41, 5.74) is 4.54. The normalized spacial score (nSPS) is 6.17. The van der Waals surface area contributed by atoms with Gasteiger partial charge in [-0.05, 0) is 0 Å². The van der Waals surface area contributed by atoms with Crippen molar-refractivity contribution >= 4 is 53.9 Å². The van der Waals surface area contributed by atoms with Gasteiger partial charge in [0.2, 0.25) is 0 Å². The quantitative estimate of drug-likeness (QED) is 0.358. The van der Waals surface area contributed by atoms with Gasteiger partial charge in [0.05, 0.1) is 0 Å². The molecule has 2 N–H and O–H groups in total. The molecule has 0 spiro atoms. The molecular weight excluding hydrogens is 315 g/mol. The third-order valence-electron chi connectivity index (χ3n) is 0.0900. The number of rotatable bonds is 0. The first kappa shape index (κ1) is 10.1. The standard InChI is InChI=1S/CH3NOS2.Bi.3H/c2-1(3)5-4;;;;/h4H,(H2,2,3);;;;. The summed E-state index contributed by atoms with van der Waals surface area (Å²) < 4.78 is 0. The summed E-state index contributed by atoms with van der Waals surface area (Å²) >= 11 is 3.46. The maximum atomic E-state index is 9.48. The van der Waals surface area contributed by atoms with E-state index in [1.54, 1.807) is 0 Å². The first-order chi connectivity index (χ1) is 2.27. The number of carbonyl (C=O) groups is 1. The summed E-state index contributed by atoms with van der Waals surface area (Å²) in [6.45, 7) is 0. The van der Waals surface area contributed by atoms with Crippen LogP contribution in [0, 0.1) is 0 Å². The molecule has 2 nitrogen and oxygen atoms in total. The molecule has 0 fully saturated rings. The van der Waals surface area contributed by atoms with Crippen molar-refractivity contribution in [1.82, 2.24) is 0 Å². The Morgan fingerprint density at radius 2 is 2.00 bits per heavy atom. The fourth-order valence-corrected chi connectivity index (χ4v) is 0. The fourth-order valence-electron chi connectivity index (χ4n) is 0. The van der Waals surface area contributed by atoms with E-state index in [0.717, 1.165) is 0 Å². The molecule has 0 aromatic rings.